The van der Waals surface area contributed by atoms with Gasteiger partial charge >= 0.3 is 6.03 Å². The highest BCUT2D eigenvalue weighted by Gasteiger charge is 2.43. The first-order chi connectivity index (χ1) is 8.65. The van der Waals surface area contributed by atoms with Gasteiger partial charge in [-0.05, 0) is 44.6 Å². The Hall–Kier alpha value is -0.420. The van der Waals surface area contributed by atoms with E-state index in [1.165, 1.54) is 6.42 Å². The highest BCUT2D eigenvalue weighted by Crippen LogP contribution is 2.38. The smallest absolute Gasteiger partial charge is 0.317 e. The van der Waals surface area contributed by atoms with Crippen molar-refractivity contribution in [2.75, 3.05) is 31.7 Å². The monoisotopic (exact) mass is 272 g/mol. The van der Waals surface area contributed by atoms with Crippen LogP contribution in [0.5, 0.6) is 0 Å². The molecule has 1 saturated heterocycles. The van der Waals surface area contributed by atoms with E-state index in [1.807, 2.05) is 16.7 Å². The maximum atomic E-state index is 12.2. The van der Waals surface area contributed by atoms with Crippen molar-refractivity contribution in [3.05, 3.63) is 0 Å². The molecule has 2 aliphatic rings. The molecule has 1 atom stereocenters. The van der Waals surface area contributed by atoms with E-state index in [0.29, 0.717) is 6.61 Å². The molecule has 0 aromatic heterocycles. The van der Waals surface area contributed by atoms with Crippen molar-refractivity contribution in [3.63, 3.8) is 0 Å². The Kier molecular flexibility index (Phi) is 4.78. The molecular weight excluding hydrogens is 248 g/mol. The Morgan fingerprint density at radius 2 is 2.33 bits per heavy atom. The molecule has 0 aromatic carbocycles. The van der Waals surface area contributed by atoms with E-state index < -0.39 is 0 Å². The first-order valence-corrected chi connectivity index (χ1v) is 8.23. The van der Waals surface area contributed by atoms with Crippen molar-refractivity contribution >= 4 is 17.8 Å². The maximum Gasteiger partial charge on any atom is 0.317 e. The molecule has 18 heavy (non-hydrogen) atoms. The van der Waals surface area contributed by atoms with Gasteiger partial charge in [-0.1, -0.05) is 0 Å². The number of hydrogen-bond acceptors (Lipinski definition) is 3. The van der Waals surface area contributed by atoms with E-state index in [-0.39, 0.29) is 17.7 Å². The summed E-state index contributed by atoms with van der Waals surface area (Å²) in [6, 6.07) is 0.336. The van der Waals surface area contributed by atoms with Crippen LogP contribution < -0.4 is 5.32 Å². The molecule has 5 heteroatoms. The average molecular weight is 272 g/mol. The second-order valence-corrected chi connectivity index (χ2v) is 6.42. The summed E-state index contributed by atoms with van der Waals surface area (Å²) in [4.78, 5) is 14.1. The zero-order valence-electron chi connectivity index (χ0n) is 11.4. The van der Waals surface area contributed by atoms with Gasteiger partial charge in [-0.25, -0.2) is 4.79 Å². The van der Waals surface area contributed by atoms with Crippen molar-refractivity contribution in [1.29, 1.82) is 0 Å². The van der Waals surface area contributed by atoms with Crippen LogP contribution in [0.15, 0.2) is 0 Å². The zero-order chi connectivity index (χ0) is 13.0. The zero-order valence-corrected chi connectivity index (χ0v) is 12.2. The van der Waals surface area contributed by atoms with Gasteiger partial charge in [0.25, 0.3) is 0 Å². The lowest BCUT2D eigenvalue weighted by molar-refractivity contribution is -0.141. The molecule has 1 spiro atoms. The Balaban J connectivity index is 1.77. The quantitative estimate of drug-likeness (QED) is 0.852. The third kappa shape index (κ3) is 3.32. The van der Waals surface area contributed by atoms with Crippen LogP contribution in [0.3, 0.4) is 0 Å². The lowest BCUT2D eigenvalue weighted by Gasteiger charge is -2.48. The fourth-order valence-electron chi connectivity index (χ4n) is 2.56. The molecule has 0 bridgehead atoms. The Morgan fingerprint density at radius 1 is 1.56 bits per heavy atom. The molecule has 2 rings (SSSR count). The topological polar surface area (TPSA) is 41.6 Å². The number of urea groups is 1. The molecular formula is C13H24N2O2S. The normalized spacial score (nSPS) is 23.6. The molecule has 0 aromatic rings. The maximum absolute atomic E-state index is 12.2. The number of nitrogens with zero attached hydrogens (tertiary/aromatic N) is 1. The van der Waals surface area contributed by atoms with Crippen LogP contribution in [0.25, 0.3) is 0 Å². The minimum absolute atomic E-state index is 0.00189. The highest BCUT2D eigenvalue weighted by molar-refractivity contribution is 7.98. The van der Waals surface area contributed by atoms with Crippen molar-refractivity contribution < 1.29 is 9.53 Å². The fourth-order valence-corrected chi connectivity index (χ4v) is 3.15. The van der Waals surface area contributed by atoms with Crippen LogP contribution in [0.2, 0.25) is 0 Å². The van der Waals surface area contributed by atoms with E-state index in [0.717, 1.165) is 38.1 Å². The molecule has 104 valence electrons. The third-order valence-corrected chi connectivity index (χ3v) is 4.57. The molecule has 1 aliphatic heterocycles. The molecule has 1 aliphatic carbocycles. The highest BCUT2D eigenvalue weighted by atomic mass is 32.2. The molecule has 0 radical (unpaired) electrons. The molecule has 4 nitrogen and oxygen atoms in total. The summed E-state index contributed by atoms with van der Waals surface area (Å²) < 4.78 is 5.83. The summed E-state index contributed by atoms with van der Waals surface area (Å²) in [6.07, 6.45) is 6.58. The van der Waals surface area contributed by atoms with E-state index in [9.17, 15) is 4.79 Å². The largest absolute Gasteiger partial charge is 0.371 e. The van der Waals surface area contributed by atoms with E-state index >= 15 is 0 Å². The van der Waals surface area contributed by atoms with Crippen LogP contribution >= 0.6 is 11.8 Å². The van der Waals surface area contributed by atoms with Gasteiger partial charge in [0.05, 0.1) is 18.8 Å². The number of carbonyl (C=O) groups is 1. The van der Waals surface area contributed by atoms with Crippen LogP contribution in [-0.4, -0.2) is 54.3 Å². The van der Waals surface area contributed by atoms with Crippen LogP contribution in [0.1, 0.15) is 32.6 Å². The molecule has 2 fully saturated rings. The minimum atomic E-state index is -0.00189. The summed E-state index contributed by atoms with van der Waals surface area (Å²) in [6.45, 7) is 4.26. The predicted molar refractivity (Wildman–Crippen MR) is 75.1 cm³/mol. The number of amides is 2. The third-order valence-electron chi connectivity index (χ3n) is 3.93. The van der Waals surface area contributed by atoms with Gasteiger partial charge in [0.15, 0.2) is 0 Å². The van der Waals surface area contributed by atoms with Crippen molar-refractivity contribution in [2.24, 2.45) is 0 Å². The summed E-state index contributed by atoms with van der Waals surface area (Å²) in [5.41, 5.74) is -0.00189. The van der Waals surface area contributed by atoms with Crippen molar-refractivity contribution in [2.45, 2.75) is 44.2 Å². The van der Waals surface area contributed by atoms with E-state index in [4.69, 9.17) is 4.74 Å². The van der Waals surface area contributed by atoms with E-state index in [2.05, 4.69) is 18.5 Å². The molecule has 1 saturated carbocycles. The predicted octanol–water partition coefficient (Wildman–Crippen LogP) is 2.09. The average Bonchev–Trinajstić information content (AvgIpc) is 2.34. The van der Waals surface area contributed by atoms with E-state index in [1.54, 1.807) is 0 Å². The molecule has 2 amide bonds. The lowest BCUT2D eigenvalue weighted by Crippen LogP contribution is -2.59. The summed E-state index contributed by atoms with van der Waals surface area (Å²) in [5.74, 6) is 1.09. The van der Waals surface area contributed by atoms with Gasteiger partial charge < -0.3 is 15.0 Å². The summed E-state index contributed by atoms with van der Waals surface area (Å²) >= 11 is 1.82. The first kappa shape index (κ1) is 14.0. The molecule has 1 heterocycles. The number of carbonyl (C=O) groups excluding carboxylic acids is 1. The SMILES string of the molecule is CSCC[C@@H](C)NC(=O)N1CCOC2(CCC2)C1. The van der Waals surface area contributed by atoms with Gasteiger partial charge in [0, 0.05) is 12.6 Å². The van der Waals surface area contributed by atoms with Gasteiger partial charge in [0.1, 0.15) is 0 Å². The number of nitrogens with one attached hydrogen (secondary N) is 1. The van der Waals surface area contributed by atoms with Crippen molar-refractivity contribution in [3.8, 4) is 0 Å². The Bertz CT molecular complexity index is 295. The number of rotatable bonds is 4. The fraction of sp³-hybridized carbons (Fsp3) is 0.923. The Labute approximate surface area is 114 Å². The van der Waals surface area contributed by atoms with Crippen LogP contribution in [0, 0.1) is 0 Å². The number of hydrogen-bond donors (Lipinski definition) is 1. The number of ether oxygens (including phenoxy) is 1. The van der Waals surface area contributed by atoms with Gasteiger partial charge in [0.2, 0.25) is 0 Å². The number of thioether (sulfide) groups is 1. The standard InChI is InChI=1S/C13H24N2O2S/c1-11(4-9-18-2)14-12(16)15-7-8-17-13(10-15)5-3-6-13/h11H,3-10H2,1-2H3,(H,14,16)/t11-/m1/s1. The molecule has 1 N–H and O–H groups in total. The summed E-state index contributed by atoms with van der Waals surface area (Å²) in [5, 5.41) is 3.09. The second-order valence-electron chi connectivity index (χ2n) is 5.44. The minimum Gasteiger partial charge on any atom is -0.371 e. The lowest BCUT2D eigenvalue weighted by atomic mass is 9.79. The Morgan fingerprint density at radius 3 is 2.94 bits per heavy atom. The van der Waals surface area contributed by atoms with Gasteiger partial charge in [-0.15, -0.1) is 0 Å². The van der Waals surface area contributed by atoms with Gasteiger partial charge in [-0.3, -0.25) is 0 Å². The van der Waals surface area contributed by atoms with Gasteiger partial charge in [-0.2, -0.15) is 11.8 Å². The van der Waals surface area contributed by atoms with Crippen LogP contribution in [-0.2, 0) is 4.74 Å². The second kappa shape index (κ2) is 6.15. The molecule has 0 unspecified atom stereocenters. The number of morpholine rings is 1. The van der Waals surface area contributed by atoms with Crippen LogP contribution in [0.4, 0.5) is 4.79 Å². The first-order valence-electron chi connectivity index (χ1n) is 6.83. The van der Waals surface area contributed by atoms with Crippen molar-refractivity contribution in [1.82, 2.24) is 10.2 Å². The summed E-state index contributed by atoms with van der Waals surface area (Å²) in [7, 11) is 0.